The molecule has 0 saturated heterocycles. The van der Waals surface area contributed by atoms with Gasteiger partial charge in [-0.25, -0.2) is 0 Å². The largest absolute Gasteiger partial charge is 0.376 e. The maximum absolute atomic E-state index is 6.19. The summed E-state index contributed by atoms with van der Waals surface area (Å²) in [6, 6.07) is 0. The van der Waals surface area contributed by atoms with Crippen LogP contribution in [0.2, 0.25) is 0 Å². The monoisotopic (exact) mass is 382 g/mol. The SMILES string of the molecule is CCCCCCCCCCCC(C)OC(C)CCCCCCCCCCC. The molecule has 0 saturated carbocycles. The van der Waals surface area contributed by atoms with Crippen molar-refractivity contribution in [2.75, 3.05) is 0 Å². The molecular formula is C26H54O. The van der Waals surface area contributed by atoms with Crippen LogP contribution in [0.5, 0.6) is 0 Å². The third-order valence-electron chi connectivity index (χ3n) is 5.89. The van der Waals surface area contributed by atoms with E-state index >= 15 is 0 Å². The van der Waals surface area contributed by atoms with Gasteiger partial charge >= 0.3 is 0 Å². The Kier molecular flexibility index (Phi) is 22.2. The predicted octanol–water partition coefficient (Wildman–Crippen LogP) is 9.62. The Labute approximate surface area is 173 Å². The second-order valence-electron chi connectivity index (χ2n) is 8.99. The zero-order valence-electron chi connectivity index (χ0n) is 19.7. The number of hydrogen-bond acceptors (Lipinski definition) is 1. The van der Waals surface area contributed by atoms with Gasteiger partial charge in [0.2, 0.25) is 0 Å². The van der Waals surface area contributed by atoms with E-state index in [2.05, 4.69) is 27.7 Å². The Morgan fingerprint density at radius 1 is 0.407 bits per heavy atom. The summed E-state index contributed by atoms with van der Waals surface area (Å²) < 4.78 is 6.19. The van der Waals surface area contributed by atoms with Crippen molar-refractivity contribution in [3.8, 4) is 0 Å². The van der Waals surface area contributed by atoms with E-state index in [0.717, 1.165) is 0 Å². The van der Waals surface area contributed by atoms with Crippen LogP contribution >= 0.6 is 0 Å². The minimum atomic E-state index is 0.447. The molecule has 0 aromatic heterocycles. The van der Waals surface area contributed by atoms with Gasteiger partial charge in [-0.3, -0.25) is 0 Å². The van der Waals surface area contributed by atoms with Gasteiger partial charge in [-0.1, -0.05) is 129 Å². The maximum Gasteiger partial charge on any atom is 0.0550 e. The van der Waals surface area contributed by atoms with Crippen molar-refractivity contribution < 1.29 is 4.74 Å². The zero-order chi connectivity index (χ0) is 20.0. The van der Waals surface area contributed by atoms with Gasteiger partial charge in [0.05, 0.1) is 12.2 Å². The van der Waals surface area contributed by atoms with Crippen molar-refractivity contribution in [3.63, 3.8) is 0 Å². The van der Waals surface area contributed by atoms with Crippen molar-refractivity contribution in [1.82, 2.24) is 0 Å². The average molecular weight is 383 g/mol. The van der Waals surface area contributed by atoms with Crippen LogP contribution in [0.1, 0.15) is 156 Å². The molecule has 0 heterocycles. The van der Waals surface area contributed by atoms with Crippen LogP contribution in [0.3, 0.4) is 0 Å². The molecule has 1 nitrogen and oxygen atoms in total. The lowest BCUT2D eigenvalue weighted by molar-refractivity contribution is -0.00232. The zero-order valence-corrected chi connectivity index (χ0v) is 19.7. The molecule has 0 rings (SSSR count). The highest BCUT2D eigenvalue weighted by molar-refractivity contribution is 4.58. The van der Waals surface area contributed by atoms with Crippen molar-refractivity contribution in [3.05, 3.63) is 0 Å². The number of ether oxygens (including phenoxy) is 1. The van der Waals surface area contributed by atoms with Gasteiger partial charge in [-0.15, -0.1) is 0 Å². The van der Waals surface area contributed by atoms with Gasteiger partial charge in [0.15, 0.2) is 0 Å². The third-order valence-corrected chi connectivity index (χ3v) is 5.89. The van der Waals surface area contributed by atoms with Crippen LogP contribution in [-0.4, -0.2) is 12.2 Å². The highest BCUT2D eigenvalue weighted by Crippen LogP contribution is 2.16. The van der Waals surface area contributed by atoms with Crippen molar-refractivity contribution >= 4 is 0 Å². The van der Waals surface area contributed by atoms with E-state index in [4.69, 9.17) is 4.74 Å². The molecular weight excluding hydrogens is 328 g/mol. The number of hydrogen-bond donors (Lipinski definition) is 0. The first-order chi connectivity index (χ1) is 13.2. The Bertz CT molecular complexity index is 237. The molecule has 0 aliphatic carbocycles. The molecule has 0 aromatic carbocycles. The van der Waals surface area contributed by atoms with Gasteiger partial charge in [0.1, 0.15) is 0 Å². The summed E-state index contributed by atoms with van der Waals surface area (Å²) >= 11 is 0. The summed E-state index contributed by atoms with van der Waals surface area (Å²) in [6.45, 7) is 9.14. The lowest BCUT2D eigenvalue weighted by Gasteiger charge is -2.19. The van der Waals surface area contributed by atoms with E-state index in [-0.39, 0.29) is 0 Å². The molecule has 0 spiro atoms. The first kappa shape index (κ1) is 27.0. The highest BCUT2D eigenvalue weighted by Gasteiger charge is 2.08. The van der Waals surface area contributed by atoms with E-state index in [9.17, 15) is 0 Å². The molecule has 0 radical (unpaired) electrons. The molecule has 0 amide bonds. The molecule has 2 unspecified atom stereocenters. The van der Waals surface area contributed by atoms with Gasteiger partial charge < -0.3 is 4.74 Å². The van der Waals surface area contributed by atoms with Crippen LogP contribution in [-0.2, 0) is 4.74 Å². The van der Waals surface area contributed by atoms with Gasteiger partial charge in [-0.05, 0) is 26.7 Å². The molecule has 0 fully saturated rings. The summed E-state index contributed by atoms with van der Waals surface area (Å²) in [5.74, 6) is 0. The fraction of sp³-hybridized carbons (Fsp3) is 1.00. The fourth-order valence-electron chi connectivity index (χ4n) is 4.02. The summed E-state index contributed by atoms with van der Waals surface area (Å²) in [4.78, 5) is 0. The molecule has 1 heteroatoms. The maximum atomic E-state index is 6.19. The Hall–Kier alpha value is -0.0400. The standard InChI is InChI=1S/C26H54O/c1-5-7-9-11-13-15-17-19-21-23-25(3)27-26(4)24-22-20-18-16-14-12-10-8-6-2/h25-26H,5-24H2,1-4H3. The average Bonchev–Trinajstić information content (AvgIpc) is 2.65. The fourth-order valence-corrected chi connectivity index (χ4v) is 4.02. The molecule has 27 heavy (non-hydrogen) atoms. The van der Waals surface area contributed by atoms with Crippen molar-refractivity contribution in [2.24, 2.45) is 0 Å². The number of rotatable bonds is 22. The highest BCUT2D eigenvalue weighted by atomic mass is 16.5. The van der Waals surface area contributed by atoms with Gasteiger partial charge in [0, 0.05) is 0 Å². The van der Waals surface area contributed by atoms with E-state index in [0.29, 0.717) is 12.2 Å². The summed E-state index contributed by atoms with van der Waals surface area (Å²) in [6.07, 6.45) is 28.8. The van der Waals surface area contributed by atoms with Gasteiger partial charge in [-0.2, -0.15) is 0 Å². The van der Waals surface area contributed by atoms with Gasteiger partial charge in [0.25, 0.3) is 0 Å². The van der Waals surface area contributed by atoms with E-state index in [1.165, 1.54) is 128 Å². The molecule has 0 N–H and O–H groups in total. The normalized spacial score (nSPS) is 13.8. The van der Waals surface area contributed by atoms with E-state index < -0.39 is 0 Å². The minimum Gasteiger partial charge on any atom is -0.376 e. The lowest BCUT2D eigenvalue weighted by Crippen LogP contribution is -2.17. The van der Waals surface area contributed by atoms with Crippen molar-refractivity contribution in [2.45, 2.75) is 168 Å². The Balaban J connectivity index is 3.30. The van der Waals surface area contributed by atoms with Crippen LogP contribution < -0.4 is 0 Å². The van der Waals surface area contributed by atoms with Crippen molar-refractivity contribution in [1.29, 1.82) is 0 Å². The van der Waals surface area contributed by atoms with Crippen LogP contribution in [0.15, 0.2) is 0 Å². The molecule has 0 aromatic rings. The second kappa shape index (κ2) is 22.3. The van der Waals surface area contributed by atoms with Crippen LogP contribution in [0, 0.1) is 0 Å². The topological polar surface area (TPSA) is 9.23 Å². The lowest BCUT2D eigenvalue weighted by atomic mass is 10.0. The van der Waals surface area contributed by atoms with Crippen LogP contribution in [0.4, 0.5) is 0 Å². The molecule has 0 aliphatic rings. The summed E-state index contributed by atoms with van der Waals surface area (Å²) in [5.41, 5.74) is 0. The summed E-state index contributed by atoms with van der Waals surface area (Å²) in [7, 11) is 0. The molecule has 164 valence electrons. The second-order valence-corrected chi connectivity index (χ2v) is 8.99. The minimum absolute atomic E-state index is 0.447. The first-order valence-electron chi connectivity index (χ1n) is 12.9. The van der Waals surface area contributed by atoms with Crippen LogP contribution in [0.25, 0.3) is 0 Å². The molecule has 0 aliphatic heterocycles. The van der Waals surface area contributed by atoms with E-state index in [1.807, 2.05) is 0 Å². The first-order valence-corrected chi connectivity index (χ1v) is 12.9. The molecule has 2 atom stereocenters. The predicted molar refractivity (Wildman–Crippen MR) is 124 cm³/mol. The van der Waals surface area contributed by atoms with E-state index in [1.54, 1.807) is 0 Å². The smallest absolute Gasteiger partial charge is 0.0550 e. The third kappa shape index (κ3) is 22.1. The molecule has 0 bridgehead atoms. The Morgan fingerprint density at radius 2 is 0.667 bits per heavy atom. The number of unbranched alkanes of at least 4 members (excludes halogenated alkanes) is 16. The summed E-state index contributed by atoms with van der Waals surface area (Å²) in [5, 5.41) is 0. The quantitative estimate of drug-likeness (QED) is 0.169. The Morgan fingerprint density at radius 3 is 0.963 bits per heavy atom.